The highest BCUT2D eigenvalue weighted by molar-refractivity contribution is 5.94. The second kappa shape index (κ2) is 8.29. The molecule has 0 spiro atoms. The highest BCUT2D eigenvalue weighted by Crippen LogP contribution is 2.11. The number of amides is 2. The van der Waals surface area contributed by atoms with Crippen LogP contribution in [-0.4, -0.2) is 38.5 Å². The molecule has 1 atom stereocenters. The number of carbonyl (C=O) groups excluding carboxylic acids is 2. The summed E-state index contributed by atoms with van der Waals surface area (Å²) in [6, 6.07) is 7.52. The fraction of sp³-hybridized carbons (Fsp3) is 0.500. The Bertz CT molecular complexity index is 469. The third-order valence-electron chi connectivity index (χ3n) is 3.30. The standard InChI is InChI=1S/C16H25N3O2/c1-5-12(2)18-15(20)10-11-17-16(21)13-6-8-14(9-7-13)19(3)4/h6-9,12H,5,10-11H2,1-4H3,(H,17,21)(H,18,20)/t12-/m0/s1. The number of benzene rings is 1. The van der Waals surface area contributed by atoms with Crippen LogP contribution in [0.1, 0.15) is 37.0 Å². The molecule has 0 aliphatic rings. The Morgan fingerprint density at radius 3 is 2.33 bits per heavy atom. The van der Waals surface area contributed by atoms with E-state index >= 15 is 0 Å². The molecule has 0 aromatic heterocycles. The van der Waals surface area contributed by atoms with Crippen LogP contribution in [0.4, 0.5) is 5.69 Å². The minimum atomic E-state index is -0.156. The first-order chi connectivity index (χ1) is 9.93. The van der Waals surface area contributed by atoms with E-state index in [1.165, 1.54) is 0 Å². The average molecular weight is 291 g/mol. The van der Waals surface area contributed by atoms with Gasteiger partial charge < -0.3 is 15.5 Å². The molecule has 1 aromatic carbocycles. The smallest absolute Gasteiger partial charge is 0.251 e. The second-order valence-corrected chi connectivity index (χ2v) is 5.32. The molecule has 0 fully saturated rings. The molecule has 2 N–H and O–H groups in total. The highest BCUT2D eigenvalue weighted by atomic mass is 16.2. The quantitative estimate of drug-likeness (QED) is 0.805. The van der Waals surface area contributed by atoms with Crippen molar-refractivity contribution in [1.82, 2.24) is 10.6 Å². The average Bonchev–Trinajstić information content (AvgIpc) is 2.46. The second-order valence-electron chi connectivity index (χ2n) is 5.32. The Balaban J connectivity index is 2.38. The molecule has 21 heavy (non-hydrogen) atoms. The van der Waals surface area contributed by atoms with Gasteiger partial charge >= 0.3 is 0 Å². The maximum Gasteiger partial charge on any atom is 0.251 e. The van der Waals surface area contributed by atoms with Crippen LogP contribution in [0.15, 0.2) is 24.3 Å². The molecule has 0 bridgehead atoms. The summed E-state index contributed by atoms with van der Waals surface area (Å²) in [4.78, 5) is 25.5. The van der Waals surface area contributed by atoms with Gasteiger partial charge in [-0.2, -0.15) is 0 Å². The van der Waals surface area contributed by atoms with Crippen molar-refractivity contribution < 1.29 is 9.59 Å². The van der Waals surface area contributed by atoms with E-state index in [4.69, 9.17) is 0 Å². The number of hydrogen-bond acceptors (Lipinski definition) is 3. The molecule has 5 heteroatoms. The summed E-state index contributed by atoms with van der Waals surface area (Å²) >= 11 is 0. The Morgan fingerprint density at radius 2 is 1.81 bits per heavy atom. The first kappa shape index (κ1) is 17.0. The van der Waals surface area contributed by atoms with Gasteiger partial charge in [0.05, 0.1) is 0 Å². The predicted molar refractivity (Wildman–Crippen MR) is 85.6 cm³/mol. The zero-order valence-corrected chi connectivity index (χ0v) is 13.3. The lowest BCUT2D eigenvalue weighted by Crippen LogP contribution is -2.35. The van der Waals surface area contributed by atoms with Gasteiger partial charge in [0.2, 0.25) is 5.91 Å². The lowest BCUT2D eigenvalue weighted by Gasteiger charge is -2.13. The van der Waals surface area contributed by atoms with Crippen molar-refractivity contribution in [2.45, 2.75) is 32.7 Å². The summed E-state index contributed by atoms with van der Waals surface area (Å²) in [5.41, 5.74) is 1.64. The van der Waals surface area contributed by atoms with Gasteiger partial charge in [0.1, 0.15) is 0 Å². The van der Waals surface area contributed by atoms with Crippen LogP contribution in [0.25, 0.3) is 0 Å². The summed E-state index contributed by atoms with van der Waals surface area (Å²) in [7, 11) is 3.90. The maximum absolute atomic E-state index is 11.9. The maximum atomic E-state index is 11.9. The summed E-state index contributed by atoms with van der Waals surface area (Å²) < 4.78 is 0. The van der Waals surface area contributed by atoms with Gasteiger partial charge in [0.25, 0.3) is 5.91 Å². The Kier molecular flexibility index (Phi) is 6.72. The van der Waals surface area contributed by atoms with E-state index in [1.54, 1.807) is 12.1 Å². The predicted octanol–water partition coefficient (Wildman–Crippen LogP) is 1.79. The zero-order chi connectivity index (χ0) is 15.8. The van der Waals surface area contributed by atoms with E-state index < -0.39 is 0 Å². The van der Waals surface area contributed by atoms with Crippen molar-refractivity contribution in [1.29, 1.82) is 0 Å². The van der Waals surface area contributed by atoms with Crippen LogP contribution >= 0.6 is 0 Å². The molecule has 1 rings (SSSR count). The van der Waals surface area contributed by atoms with Crippen LogP contribution in [0.5, 0.6) is 0 Å². The van der Waals surface area contributed by atoms with Gasteiger partial charge in [-0.25, -0.2) is 0 Å². The van der Waals surface area contributed by atoms with Crippen molar-refractivity contribution in [2.75, 3.05) is 25.5 Å². The van der Waals surface area contributed by atoms with Crippen LogP contribution in [0.3, 0.4) is 0 Å². The SMILES string of the molecule is CC[C@H](C)NC(=O)CCNC(=O)c1ccc(N(C)C)cc1. The molecule has 0 heterocycles. The van der Waals surface area contributed by atoms with Gasteiger partial charge in [0, 0.05) is 44.4 Å². The zero-order valence-electron chi connectivity index (χ0n) is 13.3. The van der Waals surface area contributed by atoms with E-state index in [-0.39, 0.29) is 17.9 Å². The molecule has 0 saturated heterocycles. The minimum absolute atomic E-state index is 0.0346. The highest BCUT2D eigenvalue weighted by Gasteiger charge is 2.08. The number of nitrogens with zero attached hydrogens (tertiary/aromatic N) is 1. The van der Waals surface area contributed by atoms with Crippen molar-refractivity contribution in [3.8, 4) is 0 Å². The number of rotatable bonds is 7. The molecule has 1 aromatic rings. The summed E-state index contributed by atoms with van der Waals surface area (Å²) in [6.45, 7) is 4.32. The van der Waals surface area contributed by atoms with Gasteiger partial charge in [-0.1, -0.05) is 6.92 Å². The monoisotopic (exact) mass is 291 g/mol. The van der Waals surface area contributed by atoms with E-state index in [0.29, 0.717) is 18.5 Å². The third-order valence-corrected chi connectivity index (χ3v) is 3.30. The number of carbonyl (C=O) groups is 2. The fourth-order valence-corrected chi connectivity index (χ4v) is 1.75. The van der Waals surface area contributed by atoms with Gasteiger partial charge in [-0.3, -0.25) is 9.59 Å². The summed E-state index contributed by atoms with van der Waals surface area (Å²) in [5, 5.41) is 5.62. The largest absolute Gasteiger partial charge is 0.378 e. The molecule has 2 amide bonds. The lowest BCUT2D eigenvalue weighted by molar-refractivity contribution is -0.121. The molecular formula is C16H25N3O2. The van der Waals surface area contributed by atoms with Gasteiger partial charge in [-0.15, -0.1) is 0 Å². The molecule has 0 saturated carbocycles. The lowest BCUT2D eigenvalue weighted by atomic mass is 10.2. The normalized spacial score (nSPS) is 11.6. The van der Waals surface area contributed by atoms with Gasteiger partial charge in [-0.05, 0) is 37.6 Å². The third kappa shape index (κ3) is 5.85. The molecule has 116 valence electrons. The molecule has 0 aliphatic carbocycles. The van der Waals surface area contributed by atoms with Crippen molar-refractivity contribution in [2.24, 2.45) is 0 Å². The van der Waals surface area contributed by atoms with Crippen molar-refractivity contribution >= 4 is 17.5 Å². The van der Waals surface area contributed by atoms with E-state index in [0.717, 1.165) is 12.1 Å². The number of anilines is 1. The van der Waals surface area contributed by atoms with Crippen LogP contribution < -0.4 is 15.5 Å². The minimum Gasteiger partial charge on any atom is -0.378 e. The van der Waals surface area contributed by atoms with Crippen molar-refractivity contribution in [3.63, 3.8) is 0 Å². The summed E-state index contributed by atoms with van der Waals surface area (Å²) in [5.74, 6) is -0.191. The van der Waals surface area contributed by atoms with Crippen molar-refractivity contribution in [3.05, 3.63) is 29.8 Å². The fourth-order valence-electron chi connectivity index (χ4n) is 1.75. The topological polar surface area (TPSA) is 61.4 Å². The van der Waals surface area contributed by atoms with E-state index in [2.05, 4.69) is 10.6 Å². The number of hydrogen-bond donors (Lipinski definition) is 2. The first-order valence-corrected chi connectivity index (χ1v) is 7.29. The Labute approximate surface area is 126 Å². The van der Waals surface area contributed by atoms with Crippen LogP contribution in [0.2, 0.25) is 0 Å². The molecular weight excluding hydrogens is 266 g/mol. The van der Waals surface area contributed by atoms with Crippen LogP contribution in [-0.2, 0) is 4.79 Å². The van der Waals surface area contributed by atoms with Gasteiger partial charge in [0.15, 0.2) is 0 Å². The van der Waals surface area contributed by atoms with Crippen LogP contribution in [0, 0.1) is 0 Å². The van der Waals surface area contributed by atoms with E-state index in [1.807, 2.05) is 45.0 Å². The van der Waals surface area contributed by atoms with E-state index in [9.17, 15) is 9.59 Å². The molecule has 0 radical (unpaired) electrons. The summed E-state index contributed by atoms with van der Waals surface area (Å²) in [6.07, 6.45) is 1.20. The molecule has 0 aliphatic heterocycles. The number of nitrogens with one attached hydrogen (secondary N) is 2. The molecule has 5 nitrogen and oxygen atoms in total. The molecule has 0 unspecified atom stereocenters. The Hall–Kier alpha value is -2.04. The first-order valence-electron chi connectivity index (χ1n) is 7.29. The Morgan fingerprint density at radius 1 is 1.19 bits per heavy atom.